The van der Waals surface area contributed by atoms with Crippen molar-refractivity contribution in [1.82, 2.24) is 25.1 Å². The van der Waals surface area contributed by atoms with Crippen LogP contribution in [0.2, 0.25) is 0 Å². The van der Waals surface area contributed by atoms with Crippen molar-refractivity contribution in [2.75, 3.05) is 31.1 Å². The Balaban J connectivity index is 1.21. The maximum Gasteiger partial charge on any atom is 0.419 e. The van der Waals surface area contributed by atoms with Gasteiger partial charge in [0.15, 0.2) is 0 Å². The minimum atomic E-state index is -4.49. The fourth-order valence-corrected chi connectivity index (χ4v) is 4.11. The molecule has 12 heteroatoms. The molecular formula is C25H21F3N6O3. The van der Waals surface area contributed by atoms with Crippen LogP contribution in [0.5, 0.6) is 5.75 Å². The van der Waals surface area contributed by atoms with Crippen molar-refractivity contribution in [2.45, 2.75) is 12.8 Å². The second kappa shape index (κ2) is 9.88. The van der Waals surface area contributed by atoms with E-state index in [0.717, 1.165) is 18.0 Å². The van der Waals surface area contributed by atoms with Gasteiger partial charge in [0.2, 0.25) is 5.95 Å². The van der Waals surface area contributed by atoms with Crippen LogP contribution in [0.25, 0.3) is 10.8 Å². The van der Waals surface area contributed by atoms with Gasteiger partial charge < -0.3 is 14.5 Å². The molecule has 4 aromatic rings. The van der Waals surface area contributed by atoms with Crippen LogP contribution >= 0.6 is 0 Å². The second-order valence-electron chi connectivity index (χ2n) is 8.44. The van der Waals surface area contributed by atoms with Gasteiger partial charge in [-0.1, -0.05) is 18.2 Å². The van der Waals surface area contributed by atoms with Crippen molar-refractivity contribution in [1.29, 1.82) is 0 Å². The number of hydrogen-bond acceptors (Lipinski definition) is 7. The number of halogens is 3. The van der Waals surface area contributed by atoms with Gasteiger partial charge >= 0.3 is 6.18 Å². The molecule has 3 heterocycles. The summed E-state index contributed by atoms with van der Waals surface area (Å²) in [5.41, 5.74) is 0.0528. The highest BCUT2D eigenvalue weighted by Crippen LogP contribution is 2.28. The predicted molar refractivity (Wildman–Crippen MR) is 128 cm³/mol. The number of hydrogen-bond donors (Lipinski definition) is 1. The molecule has 1 amide bonds. The summed E-state index contributed by atoms with van der Waals surface area (Å²) in [6.45, 7) is 1.70. The molecule has 1 aliphatic rings. The number of carbonyl (C=O) groups is 1. The van der Waals surface area contributed by atoms with E-state index >= 15 is 0 Å². The zero-order chi connectivity index (χ0) is 26.0. The molecule has 9 nitrogen and oxygen atoms in total. The lowest BCUT2D eigenvalue weighted by Gasteiger charge is -2.34. The summed E-state index contributed by atoms with van der Waals surface area (Å²) in [4.78, 5) is 36.1. The number of nitrogens with one attached hydrogen (secondary N) is 1. The smallest absolute Gasteiger partial charge is 0.419 e. The van der Waals surface area contributed by atoms with E-state index < -0.39 is 11.7 Å². The van der Waals surface area contributed by atoms with E-state index in [-0.39, 0.29) is 24.0 Å². The minimum Gasteiger partial charge on any atom is -0.489 e. The SMILES string of the molecule is O=C(c1cccc(OCc2cccc3c(=O)[nH]ncc23)c1)N1CCN(c2ncc(C(F)(F)F)cn2)CC1. The number of alkyl halides is 3. The molecule has 1 fully saturated rings. The maximum absolute atomic E-state index is 13.1. The molecule has 1 N–H and O–H groups in total. The van der Waals surface area contributed by atoms with Gasteiger partial charge in [-0.15, -0.1) is 0 Å². The van der Waals surface area contributed by atoms with Crippen LogP contribution in [0.3, 0.4) is 0 Å². The minimum absolute atomic E-state index is 0.181. The highest BCUT2D eigenvalue weighted by Gasteiger charge is 2.32. The first-order chi connectivity index (χ1) is 17.8. The Kier molecular flexibility index (Phi) is 6.47. The van der Waals surface area contributed by atoms with Gasteiger partial charge in [-0.3, -0.25) is 9.59 Å². The number of rotatable bonds is 5. The molecule has 37 heavy (non-hydrogen) atoms. The van der Waals surface area contributed by atoms with Gasteiger partial charge in [-0.2, -0.15) is 18.3 Å². The van der Waals surface area contributed by atoms with E-state index in [1.54, 1.807) is 52.4 Å². The van der Waals surface area contributed by atoms with Gasteiger partial charge in [0.1, 0.15) is 12.4 Å². The molecule has 5 rings (SSSR count). The van der Waals surface area contributed by atoms with E-state index in [9.17, 15) is 22.8 Å². The Bertz CT molecular complexity index is 1480. The van der Waals surface area contributed by atoms with Gasteiger partial charge in [-0.05, 0) is 29.8 Å². The first-order valence-corrected chi connectivity index (χ1v) is 11.4. The molecule has 0 saturated carbocycles. The van der Waals surface area contributed by atoms with Crippen LogP contribution in [0.1, 0.15) is 21.5 Å². The molecule has 0 atom stereocenters. The number of ether oxygens (including phenoxy) is 1. The Hall–Kier alpha value is -4.48. The first-order valence-electron chi connectivity index (χ1n) is 11.4. The molecule has 1 aliphatic heterocycles. The molecule has 0 aliphatic carbocycles. The van der Waals surface area contributed by atoms with E-state index in [0.29, 0.717) is 48.3 Å². The van der Waals surface area contributed by atoms with Crippen LogP contribution < -0.4 is 15.2 Å². The number of amides is 1. The van der Waals surface area contributed by atoms with Crippen molar-refractivity contribution in [2.24, 2.45) is 0 Å². The average Bonchev–Trinajstić information content (AvgIpc) is 2.92. The molecule has 0 spiro atoms. The van der Waals surface area contributed by atoms with E-state index in [1.165, 1.54) is 0 Å². The number of fused-ring (bicyclic) bond motifs is 1. The molecule has 0 unspecified atom stereocenters. The highest BCUT2D eigenvalue weighted by molar-refractivity contribution is 5.94. The summed E-state index contributed by atoms with van der Waals surface area (Å²) in [5, 5.41) is 7.47. The number of nitrogens with zero attached hydrogens (tertiary/aromatic N) is 5. The quantitative estimate of drug-likeness (QED) is 0.440. The lowest BCUT2D eigenvalue weighted by molar-refractivity contribution is -0.138. The van der Waals surface area contributed by atoms with E-state index in [2.05, 4.69) is 20.2 Å². The third kappa shape index (κ3) is 5.22. The number of piperazine rings is 1. The number of benzene rings is 2. The summed E-state index contributed by atoms with van der Waals surface area (Å²) in [6, 6.07) is 12.1. The number of aromatic amines is 1. The van der Waals surface area contributed by atoms with Crippen molar-refractivity contribution in [3.8, 4) is 5.75 Å². The fraction of sp³-hybridized carbons (Fsp3) is 0.240. The van der Waals surface area contributed by atoms with Crippen molar-refractivity contribution in [3.63, 3.8) is 0 Å². The predicted octanol–water partition coefficient (Wildman–Crippen LogP) is 3.27. The lowest BCUT2D eigenvalue weighted by atomic mass is 10.1. The first kappa shape index (κ1) is 24.2. The molecule has 2 aromatic carbocycles. The Morgan fingerprint density at radius 3 is 2.43 bits per heavy atom. The number of H-pyrrole nitrogens is 1. The van der Waals surface area contributed by atoms with Crippen molar-refractivity contribution in [3.05, 3.63) is 88.1 Å². The van der Waals surface area contributed by atoms with Crippen molar-refractivity contribution < 1.29 is 22.7 Å². The molecule has 0 radical (unpaired) electrons. The van der Waals surface area contributed by atoms with Crippen LogP contribution in [-0.2, 0) is 12.8 Å². The molecule has 1 saturated heterocycles. The summed E-state index contributed by atoms with van der Waals surface area (Å²) in [5.74, 6) is 0.512. The largest absolute Gasteiger partial charge is 0.489 e. The lowest BCUT2D eigenvalue weighted by Crippen LogP contribution is -2.49. The molecular weight excluding hydrogens is 489 g/mol. The summed E-state index contributed by atoms with van der Waals surface area (Å²) in [7, 11) is 0. The van der Waals surface area contributed by atoms with Crippen LogP contribution in [-0.4, -0.2) is 57.2 Å². The van der Waals surface area contributed by atoms with Crippen LogP contribution in [0, 0.1) is 0 Å². The monoisotopic (exact) mass is 510 g/mol. The summed E-state index contributed by atoms with van der Waals surface area (Å²) in [6.07, 6.45) is -1.39. The van der Waals surface area contributed by atoms with Crippen LogP contribution in [0.15, 0.2) is 65.8 Å². The second-order valence-corrected chi connectivity index (χ2v) is 8.44. The summed E-state index contributed by atoms with van der Waals surface area (Å²) < 4.78 is 44.1. The molecule has 2 aromatic heterocycles. The van der Waals surface area contributed by atoms with Gasteiger partial charge in [-0.25, -0.2) is 15.1 Å². The molecule has 0 bridgehead atoms. The third-order valence-corrected chi connectivity index (χ3v) is 6.09. The standard InChI is InChI=1S/C25H21F3N6O3/c26-25(27,28)18-12-29-24(30-13-18)34-9-7-33(8-10-34)23(36)16-3-1-5-19(11-16)37-15-17-4-2-6-20-21(17)14-31-32-22(20)35/h1-6,11-14H,7-10,15H2,(H,32,35). The Labute approximate surface area is 208 Å². The topological polar surface area (TPSA) is 104 Å². The van der Waals surface area contributed by atoms with Gasteiger partial charge in [0.05, 0.1) is 17.1 Å². The zero-order valence-electron chi connectivity index (χ0n) is 19.4. The zero-order valence-corrected chi connectivity index (χ0v) is 19.4. The number of aromatic nitrogens is 4. The maximum atomic E-state index is 13.1. The fourth-order valence-electron chi connectivity index (χ4n) is 4.11. The normalized spacial score (nSPS) is 14.1. The highest BCUT2D eigenvalue weighted by atomic mass is 19.4. The Morgan fingerprint density at radius 1 is 0.973 bits per heavy atom. The molecule has 190 valence electrons. The van der Waals surface area contributed by atoms with Crippen LogP contribution in [0.4, 0.5) is 19.1 Å². The van der Waals surface area contributed by atoms with Gasteiger partial charge in [0.25, 0.3) is 11.5 Å². The van der Waals surface area contributed by atoms with E-state index in [4.69, 9.17) is 4.74 Å². The number of carbonyl (C=O) groups excluding carboxylic acids is 1. The third-order valence-electron chi connectivity index (χ3n) is 6.09. The van der Waals surface area contributed by atoms with Crippen molar-refractivity contribution >= 4 is 22.6 Å². The number of anilines is 1. The Morgan fingerprint density at radius 2 is 1.70 bits per heavy atom. The van der Waals surface area contributed by atoms with E-state index in [1.807, 2.05) is 6.07 Å². The van der Waals surface area contributed by atoms with Gasteiger partial charge in [0, 0.05) is 49.5 Å². The summed E-state index contributed by atoms with van der Waals surface area (Å²) >= 11 is 0. The average molecular weight is 510 g/mol.